The van der Waals surface area contributed by atoms with Gasteiger partial charge in [0.25, 0.3) is 0 Å². The normalized spacial score (nSPS) is 11.3. The number of nitrogens with one attached hydrogen (secondary N) is 1. The van der Waals surface area contributed by atoms with Gasteiger partial charge in [-0.25, -0.2) is 8.42 Å². The summed E-state index contributed by atoms with van der Waals surface area (Å²) in [4.78, 5) is 0. The summed E-state index contributed by atoms with van der Waals surface area (Å²) >= 11 is 12.9. The highest BCUT2D eigenvalue weighted by molar-refractivity contribution is 7.92. The number of rotatable bonds is 6. The van der Waals surface area contributed by atoms with Crippen LogP contribution in [0.1, 0.15) is 5.56 Å². The molecule has 0 atom stereocenters. The van der Waals surface area contributed by atoms with E-state index in [1.165, 1.54) is 6.07 Å². The van der Waals surface area contributed by atoms with Gasteiger partial charge in [-0.15, -0.1) is 10.2 Å². The van der Waals surface area contributed by atoms with Crippen LogP contribution >= 0.6 is 34.5 Å². The van der Waals surface area contributed by atoms with Crippen LogP contribution in [0.2, 0.25) is 10.0 Å². The molecular weight excluding hydrogens is 417 g/mol. The summed E-state index contributed by atoms with van der Waals surface area (Å²) < 4.78 is 32.2. The topological polar surface area (TPSA) is 81.2 Å². The molecular formula is C16H13Cl2N3O3S2. The summed E-state index contributed by atoms with van der Waals surface area (Å²) in [6.07, 6.45) is 0. The zero-order chi connectivity index (χ0) is 18.7. The first-order valence-corrected chi connectivity index (χ1v) is 10.5. The minimum atomic E-state index is -3.66. The minimum Gasteiger partial charge on any atom is -0.497 e. The lowest BCUT2D eigenvalue weighted by atomic mass is 10.2. The number of aromatic nitrogens is 2. The van der Waals surface area contributed by atoms with Crippen molar-refractivity contribution in [3.05, 3.63) is 58.1 Å². The first-order valence-electron chi connectivity index (χ1n) is 7.28. The fourth-order valence-electron chi connectivity index (χ4n) is 2.13. The molecule has 0 aliphatic rings. The molecule has 0 amide bonds. The molecule has 0 saturated carbocycles. The van der Waals surface area contributed by atoms with E-state index < -0.39 is 10.0 Å². The second-order valence-corrected chi connectivity index (χ2v) is 8.76. The average Bonchev–Trinajstić information content (AvgIpc) is 3.05. The molecule has 6 nitrogen and oxygen atoms in total. The molecule has 1 aromatic heterocycles. The third-order valence-corrected chi connectivity index (χ3v) is 6.32. The maximum atomic E-state index is 12.3. The molecule has 1 N–H and O–H groups in total. The molecule has 26 heavy (non-hydrogen) atoms. The predicted octanol–water partition coefficient (Wildman–Crippen LogP) is 4.46. The smallest absolute Gasteiger partial charge is 0.238 e. The van der Waals surface area contributed by atoms with Gasteiger partial charge in [0.1, 0.15) is 10.8 Å². The highest BCUT2D eigenvalue weighted by Gasteiger charge is 2.16. The van der Waals surface area contributed by atoms with Gasteiger partial charge in [0.2, 0.25) is 15.2 Å². The maximum Gasteiger partial charge on any atom is 0.238 e. The van der Waals surface area contributed by atoms with Gasteiger partial charge in [0, 0.05) is 5.56 Å². The van der Waals surface area contributed by atoms with Crippen molar-refractivity contribution in [2.45, 2.75) is 5.75 Å². The van der Waals surface area contributed by atoms with E-state index in [-0.39, 0.29) is 10.9 Å². The lowest BCUT2D eigenvalue weighted by Crippen LogP contribution is -2.14. The first kappa shape index (κ1) is 18.9. The Labute approximate surface area is 164 Å². The van der Waals surface area contributed by atoms with Gasteiger partial charge in [-0.3, -0.25) is 4.72 Å². The summed E-state index contributed by atoms with van der Waals surface area (Å²) in [7, 11) is -2.08. The lowest BCUT2D eigenvalue weighted by Gasteiger charge is -2.05. The summed E-state index contributed by atoms with van der Waals surface area (Å²) in [5.74, 6) is 0.474. The number of anilines is 1. The van der Waals surface area contributed by atoms with Crippen LogP contribution in [0, 0.1) is 0 Å². The van der Waals surface area contributed by atoms with E-state index in [9.17, 15) is 8.42 Å². The van der Waals surface area contributed by atoms with Crippen molar-refractivity contribution >= 4 is 49.7 Å². The summed E-state index contributed by atoms with van der Waals surface area (Å²) in [5, 5.41) is 9.37. The molecule has 0 aliphatic carbocycles. The summed E-state index contributed by atoms with van der Waals surface area (Å²) in [6, 6.07) is 11.9. The van der Waals surface area contributed by atoms with E-state index in [1.54, 1.807) is 31.4 Å². The number of benzene rings is 2. The Morgan fingerprint density at radius 2 is 1.81 bits per heavy atom. The molecule has 3 aromatic rings. The molecule has 0 spiro atoms. The van der Waals surface area contributed by atoms with E-state index in [4.69, 9.17) is 27.9 Å². The van der Waals surface area contributed by atoms with E-state index in [2.05, 4.69) is 14.9 Å². The van der Waals surface area contributed by atoms with Crippen molar-refractivity contribution < 1.29 is 13.2 Å². The van der Waals surface area contributed by atoms with Gasteiger partial charge in [-0.1, -0.05) is 40.6 Å². The highest BCUT2D eigenvalue weighted by atomic mass is 35.5. The number of methoxy groups -OCH3 is 1. The average molecular weight is 430 g/mol. The highest BCUT2D eigenvalue weighted by Crippen LogP contribution is 2.29. The van der Waals surface area contributed by atoms with Crippen LogP contribution in [-0.4, -0.2) is 25.7 Å². The molecule has 0 fully saturated rings. The van der Waals surface area contributed by atoms with Crippen LogP contribution in [0.4, 0.5) is 5.13 Å². The van der Waals surface area contributed by atoms with E-state index in [1.807, 2.05) is 12.1 Å². The second-order valence-electron chi connectivity index (χ2n) is 5.25. The quantitative estimate of drug-likeness (QED) is 0.625. The van der Waals surface area contributed by atoms with E-state index >= 15 is 0 Å². The number of sulfonamides is 1. The van der Waals surface area contributed by atoms with Gasteiger partial charge in [0.05, 0.1) is 22.9 Å². The van der Waals surface area contributed by atoms with Gasteiger partial charge in [-0.2, -0.15) is 0 Å². The van der Waals surface area contributed by atoms with Crippen LogP contribution in [0.5, 0.6) is 5.75 Å². The molecule has 0 saturated heterocycles. The first-order chi connectivity index (χ1) is 12.4. The Bertz CT molecular complexity index is 1020. The van der Waals surface area contributed by atoms with Gasteiger partial charge in [0.15, 0.2) is 0 Å². The molecule has 1 heterocycles. The molecule has 0 bridgehead atoms. The molecule has 136 valence electrons. The third kappa shape index (κ3) is 4.64. The van der Waals surface area contributed by atoms with Crippen LogP contribution < -0.4 is 9.46 Å². The summed E-state index contributed by atoms with van der Waals surface area (Å²) in [5.41, 5.74) is 1.34. The Morgan fingerprint density at radius 1 is 1.08 bits per heavy atom. The zero-order valence-electron chi connectivity index (χ0n) is 13.4. The second kappa shape index (κ2) is 7.79. The Morgan fingerprint density at radius 3 is 2.46 bits per heavy atom. The van der Waals surface area contributed by atoms with E-state index in [0.29, 0.717) is 20.6 Å². The third-order valence-electron chi connectivity index (χ3n) is 3.35. The molecule has 3 rings (SSSR count). The number of hydrogen-bond acceptors (Lipinski definition) is 6. The van der Waals surface area contributed by atoms with Crippen molar-refractivity contribution in [3.8, 4) is 16.3 Å². The fourth-order valence-corrected chi connectivity index (χ4v) is 4.60. The van der Waals surface area contributed by atoms with Gasteiger partial charge in [-0.05, 0) is 42.0 Å². The fraction of sp³-hybridized carbons (Fsp3) is 0.125. The zero-order valence-corrected chi connectivity index (χ0v) is 16.6. The molecule has 2 aromatic carbocycles. The lowest BCUT2D eigenvalue weighted by molar-refractivity contribution is 0.415. The summed E-state index contributed by atoms with van der Waals surface area (Å²) in [6.45, 7) is 0. The number of halogens is 2. The molecule has 0 radical (unpaired) electrons. The number of nitrogens with zero attached hydrogens (tertiary/aromatic N) is 2. The predicted molar refractivity (Wildman–Crippen MR) is 105 cm³/mol. The number of hydrogen-bond donors (Lipinski definition) is 1. The Hall–Kier alpha value is -1.87. The number of ether oxygens (including phenoxy) is 1. The van der Waals surface area contributed by atoms with Crippen LogP contribution in [0.25, 0.3) is 10.6 Å². The molecule has 0 aliphatic heterocycles. The largest absolute Gasteiger partial charge is 0.497 e. The van der Waals surface area contributed by atoms with Gasteiger partial charge >= 0.3 is 0 Å². The van der Waals surface area contributed by atoms with E-state index in [0.717, 1.165) is 22.6 Å². The Balaban J connectivity index is 1.73. The Kier molecular flexibility index (Phi) is 5.67. The van der Waals surface area contributed by atoms with Crippen molar-refractivity contribution in [1.82, 2.24) is 10.2 Å². The van der Waals surface area contributed by atoms with Crippen LogP contribution in [0.15, 0.2) is 42.5 Å². The standard InChI is InChI=1S/C16H13Cl2N3O3S2/c1-24-12-5-3-11(4-6-12)15-19-20-16(25-15)21-26(22,23)9-10-2-7-13(17)14(18)8-10/h2-8H,9H2,1H3,(H,20,21). The minimum absolute atomic E-state index is 0.191. The van der Waals surface area contributed by atoms with Crippen molar-refractivity contribution in [2.75, 3.05) is 11.8 Å². The van der Waals surface area contributed by atoms with Crippen molar-refractivity contribution in [3.63, 3.8) is 0 Å². The molecule has 0 unspecified atom stereocenters. The van der Waals surface area contributed by atoms with Gasteiger partial charge < -0.3 is 4.74 Å². The molecule has 10 heteroatoms. The SMILES string of the molecule is COc1ccc(-c2nnc(NS(=O)(=O)Cc3ccc(Cl)c(Cl)c3)s2)cc1. The van der Waals surface area contributed by atoms with Crippen LogP contribution in [0.3, 0.4) is 0 Å². The van der Waals surface area contributed by atoms with Crippen molar-refractivity contribution in [1.29, 1.82) is 0 Å². The van der Waals surface area contributed by atoms with Crippen LogP contribution in [-0.2, 0) is 15.8 Å². The van der Waals surface area contributed by atoms with Crippen molar-refractivity contribution in [2.24, 2.45) is 0 Å². The maximum absolute atomic E-state index is 12.3. The monoisotopic (exact) mass is 429 g/mol.